The Bertz CT molecular complexity index is 561. The van der Waals surface area contributed by atoms with Crippen LogP contribution in [0.25, 0.3) is 0 Å². The molecule has 0 aromatic heterocycles. The summed E-state index contributed by atoms with van der Waals surface area (Å²) in [5.74, 6) is 0. The highest BCUT2D eigenvalue weighted by molar-refractivity contribution is 5.56. The minimum Gasteiger partial charge on any atom is -0.381 e. The lowest BCUT2D eigenvalue weighted by Crippen LogP contribution is -2.38. The zero-order valence-corrected chi connectivity index (χ0v) is 18.1. The third-order valence-electron chi connectivity index (χ3n) is 5.47. The van der Waals surface area contributed by atoms with Gasteiger partial charge in [-0.15, -0.1) is 0 Å². The van der Waals surface area contributed by atoms with Crippen molar-refractivity contribution in [2.24, 2.45) is 0 Å². The fraction of sp³-hybridized carbons (Fsp3) is 0.826. The van der Waals surface area contributed by atoms with E-state index in [4.69, 9.17) is 0 Å². The van der Waals surface area contributed by atoms with Crippen molar-refractivity contribution in [3.63, 3.8) is 0 Å². The van der Waals surface area contributed by atoms with Gasteiger partial charge in [0.2, 0.25) is 10.9 Å². The van der Waals surface area contributed by atoms with Crippen molar-refractivity contribution >= 4 is 5.69 Å². The lowest BCUT2D eigenvalue weighted by Gasteiger charge is -2.23. The van der Waals surface area contributed by atoms with Crippen LogP contribution < -0.4 is 16.2 Å². The predicted octanol–water partition coefficient (Wildman–Crippen LogP) is 4.89. The maximum Gasteiger partial charge on any atom is 0.249 e. The molecular weight excluding hydrogens is 336 g/mol. The van der Waals surface area contributed by atoms with E-state index in [-0.39, 0.29) is 10.9 Å². The summed E-state index contributed by atoms with van der Waals surface area (Å²) in [5.41, 5.74) is 0.646. The Balaban J connectivity index is 2.28. The Morgan fingerprint density at radius 2 is 1.19 bits per heavy atom. The summed E-state index contributed by atoms with van der Waals surface area (Å²) < 4.78 is 0. The summed E-state index contributed by atoms with van der Waals surface area (Å²) in [6.45, 7) is 10.7. The number of unbranched alkanes of at least 4 members (excludes halogenated alkanes) is 8. The van der Waals surface area contributed by atoms with Gasteiger partial charge in [0.25, 0.3) is 0 Å². The fourth-order valence-electron chi connectivity index (χ4n) is 3.69. The van der Waals surface area contributed by atoms with Crippen LogP contribution in [0, 0.1) is 0 Å². The number of nitrogens with zero attached hydrogens (tertiary/aromatic N) is 1. The minimum atomic E-state index is -0.324. The van der Waals surface area contributed by atoms with Crippen LogP contribution in [0.1, 0.15) is 97.0 Å². The van der Waals surface area contributed by atoms with E-state index >= 15 is 0 Å². The van der Waals surface area contributed by atoms with E-state index < -0.39 is 0 Å². The average Bonchev–Trinajstić information content (AvgIpc) is 2.68. The molecule has 0 heterocycles. The van der Waals surface area contributed by atoms with Crippen molar-refractivity contribution in [2.75, 3.05) is 31.5 Å². The molecule has 0 fully saturated rings. The van der Waals surface area contributed by atoms with E-state index in [1.807, 2.05) is 6.92 Å². The number of anilines is 1. The van der Waals surface area contributed by atoms with Crippen LogP contribution >= 0.6 is 0 Å². The average molecular weight is 379 g/mol. The molecule has 1 rings (SSSR count). The lowest BCUT2D eigenvalue weighted by atomic mass is 10.0. The Labute approximate surface area is 166 Å². The zero-order chi connectivity index (χ0) is 19.9. The van der Waals surface area contributed by atoms with Crippen LogP contribution in [-0.2, 0) is 6.42 Å². The number of hydrogen-bond donors (Lipinski definition) is 1. The molecule has 0 bridgehead atoms. The maximum absolute atomic E-state index is 11.6. The van der Waals surface area contributed by atoms with Crippen LogP contribution in [0.3, 0.4) is 0 Å². The van der Waals surface area contributed by atoms with Crippen LogP contribution in [-0.4, -0.2) is 31.1 Å². The summed E-state index contributed by atoms with van der Waals surface area (Å²) in [6, 6.07) is 0. The summed E-state index contributed by atoms with van der Waals surface area (Å²) in [6.07, 6.45) is 14.9. The van der Waals surface area contributed by atoms with Crippen molar-refractivity contribution in [3.05, 3.63) is 26.0 Å². The fourth-order valence-corrected chi connectivity index (χ4v) is 3.69. The first-order valence-electron chi connectivity index (χ1n) is 11.4. The smallest absolute Gasteiger partial charge is 0.249 e. The molecule has 0 unspecified atom stereocenters. The summed E-state index contributed by atoms with van der Waals surface area (Å²) >= 11 is 0. The molecule has 1 N–H and O–H groups in total. The standard InChI is InChI=1S/C23H42N2O2/c1-4-7-9-11-12-14-18-25(17-13-10-8-5-2)19-15-16-24-21-20(6-3)22(26)23(21)27/h24H,4-19H2,1-3H3. The van der Waals surface area contributed by atoms with Crippen molar-refractivity contribution < 1.29 is 0 Å². The molecule has 0 aliphatic heterocycles. The van der Waals surface area contributed by atoms with Crippen molar-refractivity contribution in [2.45, 2.75) is 97.8 Å². The molecular formula is C23H42N2O2. The lowest BCUT2D eigenvalue weighted by molar-refractivity contribution is 0.259. The molecule has 0 atom stereocenters. The summed E-state index contributed by atoms with van der Waals surface area (Å²) in [7, 11) is 0. The second kappa shape index (κ2) is 14.8. The molecule has 156 valence electrons. The monoisotopic (exact) mass is 378 g/mol. The second-order valence-corrected chi connectivity index (χ2v) is 7.82. The SMILES string of the molecule is CCCCCCCCN(CCCCCC)CCCNc1c(CC)c(=O)c1=O. The highest BCUT2D eigenvalue weighted by Gasteiger charge is 2.18. The van der Waals surface area contributed by atoms with Gasteiger partial charge >= 0.3 is 0 Å². The van der Waals surface area contributed by atoms with Gasteiger partial charge in [-0.05, 0) is 45.3 Å². The van der Waals surface area contributed by atoms with E-state index in [0.717, 1.165) is 19.5 Å². The van der Waals surface area contributed by atoms with Crippen molar-refractivity contribution in [3.8, 4) is 0 Å². The van der Waals surface area contributed by atoms with Gasteiger partial charge in [-0.25, -0.2) is 0 Å². The van der Waals surface area contributed by atoms with Crippen LogP contribution in [0.15, 0.2) is 9.59 Å². The summed E-state index contributed by atoms with van der Waals surface area (Å²) in [4.78, 5) is 25.7. The molecule has 0 amide bonds. The molecule has 0 aliphatic rings. The third-order valence-corrected chi connectivity index (χ3v) is 5.47. The third kappa shape index (κ3) is 9.05. The number of hydrogen-bond acceptors (Lipinski definition) is 4. The zero-order valence-electron chi connectivity index (χ0n) is 18.1. The first-order chi connectivity index (χ1) is 13.2. The van der Waals surface area contributed by atoms with Crippen LogP contribution in [0.4, 0.5) is 5.69 Å². The molecule has 4 nitrogen and oxygen atoms in total. The summed E-state index contributed by atoms with van der Waals surface area (Å²) in [5, 5.41) is 3.21. The molecule has 1 aromatic rings. The molecule has 0 spiro atoms. The van der Waals surface area contributed by atoms with Gasteiger partial charge < -0.3 is 10.2 Å². The van der Waals surface area contributed by atoms with Gasteiger partial charge in [-0.1, -0.05) is 72.1 Å². The molecule has 0 aliphatic carbocycles. The first-order valence-corrected chi connectivity index (χ1v) is 11.4. The quantitative estimate of drug-likeness (QED) is 0.292. The van der Waals surface area contributed by atoms with E-state index in [0.29, 0.717) is 17.7 Å². The highest BCUT2D eigenvalue weighted by Crippen LogP contribution is 2.10. The molecule has 27 heavy (non-hydrogen) atoms. The van der Waals surface area contributed by atoms with Gasteiger partial charge in [0.05, 0.1) is 5.69 Å². The Morgan fingerprint density at radius 3 is 1.78 bits per heavy atom. The minimum absolute atomic E-state index is 0.291. The van der Waals surface area contributed by atoms with Crippen LogP contribution in [0.5, 0.6) is 0 Å². The predicted molar refractivity (Wildman–Crippen MR) is 118 cm³/mol. The van der Waals surface area contributed by atoms with Crippen molar-refractivity contribution in [1.29, 1.82) is 0 Å². The maximum atomic E-state index is 11.6. The van der Waals surface area contributed by atoms with Gasteiger partial charge in [0, 0.05) is 12.1 Å². The molecule has 0 saturated heterocycles. The van der Waals surface area contributed by atoms with Gasteiger partial charge in [-0.3, -0.25) is 9.59 Å². The van der Waals surface area contributed by atoms with Crippen molar-refractivity contribution in [1.82, 2.24) is 4.90 Å². The molecule has 1 aromatic carbocycles. The van der Waals surface area contributed by atoms with Gasteiger partial charge in [0.1, 0.15) is 0 Å². The Kier molecular flexibility index (Phi) is 13.1. The highest BCUT2D eigenvalue weighted by atomic mass is 16.2. The van der Waals surface area contributed by atoms with E-state index in [1.54, 1.807) is 0 Å². The molecule has 4 heteroatoms. The Morgan fingerprint density at radius 1 is 0.667 bits per heavy atom. The molecule has 0 saturated carbocycles. The van der Waals surface area contributed by atoms with Gasteiger partial charge in [-0.2, -0.15) is 0 Å². The Hall–Kier alpha value is -1.16. The largest absolute Gasteiger partial charge is 0.381 e. The first kappa shape index (κ1) is 23.9. The van der Waals surface area contributed by atoms with Crippen LogP contribution in [0.2, 0.25) is 0 Å². The van der Waals surface area contributed by atoms with E-state index in [2.05, 4.69) is 24.1 Å². The second-order valence-electron chi connectivity index (χ2n) is 7.82. The number of nitrogens with one attached hydrogen (secondary N) is 1. The topological polar surface area (TPSA) is 49.4 Å². The number of rotatable bonds is 18. The molecule has 0 radical (unpaired) electrons. The normalized spacial score (nSPS) is 11.6. The van der Waals surface area contributed by atoms with E-state index in [1.165, 1.54) is 77.3 Å². The van der Waals surface area contributed by atoms with E-state index in [9.17, 15) is 9.59 Å². The van der Waals surface area contributed by atoms with Gasteiger partial charge in [0.15, 0.2) is 0 Å².